The normalized spacial score (nSPS) is 20.3. The van der Waals surface area contributed by atoms with E-state index in [4.69, 9.17) is 4.74 Å². The van der Waals surface area contributed by atoms with Crippen molar-refractivity contribution in [3.8, 4) is 0 Å². The maximum Gasteiger partial charge on any atom is 0.256 e. The number of nitrogens with one attached hydrogen (secondary N) is 1. The summed E-state index contributed by atoms with van der Waals surface area (Å²) in [6.45, 7) is 3.94. The first-order valence-corrected chi connectivity index (χ1v) is 6.22. The zero-order valence-corrected chi connectivity index (χ0v) is 10.3. The van der Waals surface area contributed by atoms with Crippen molar-refractivity contribution >= 4 is 16.8 Å². The molecule has 1 saturated heterocycles. The van der Waals surface area contributed by atoms with Crippen LogP contribution in [0.25, 0.3) is 10.9 Å². The van der Waals surface area contributed by atoms with Crippen LogP contribution in [0.2, 0.25) is 0 Å². The van der Waals surface area contributed by atoms with Gasteiger partial charge in [-0.1, -0.05) is 12.1 Å². The zero-order valence-electron chi connectivity index (χ0n) is 10.3. The minimum Gasteiger partial charge on any atom is -0.375 e. The summed E-state index contributed by atoms with van der Waals surface area (Å²) < 4.78 is 5.46. The van der Waals surface area contributed by atoms with Gasteiger partial charge in [-0.25, -0.2) is 0 Å². The molecule has 1 fully saturated rings. The third kappa shape index (κ3) is 1.88. The van der Waals surface area contributed by atoms with Crippen LogP contribution < -0.4 is 0 Å². The molecule has 4 nitrogen and oxygen atoms in total. The van der Waals surface area contributed by atoms with Gasteiger partial charge in [0.25, 0.3) is 5.91 Å². The molecule has 0 radical (unpaired) electrons. The second-order valence-corrected chi connectivity index (χ2v) is 4.68. The lowest BCUT2D eigenvalue weighted by Gasteiger charge is -2.31. The molecule has 94 valence electrons. The number of aromatic nitrogens is 1. The van der Waals surface area contributed by atoms with E-state index in [-0.39, 0.29) is 12.0 Å². The summed E-state index contributed by atoms with van der Waals surface area (Å²) in [5.74, 6) is 0.0817. The maximum atomic E-state index is 12.5. The molecule has 0 spiro atoms. The van der Waals surface area contributed by atoms with Gasteiger partial charge in [0.15, 0.2) is 0 Å². The minimum atomic E-state index is 0.0817. The van der Waals surface area contributed by atoms with Crippen LogP contribution in [-0.2, 0) is 4.74 Å². The molecule has 1 amide bonds. The highest BCUT2D eigenvalue weighted by molar-refractivity contribution is 6.05. The minimum absolute atomic E-state index is 0.0817. The third-order valence-electron chi connectivity index (χ3n) is 3.35. The van der Waals surface area contributed by atoms with Crippen LogP contribution in [0.4, 0.5) is 0 Å². The Labute approximate surface area is 106 Å². The number of aromatic amines is 1. The van der Waals surface area contributed by atoms with Crippen LogP contribution >= 0.6 is 0 Å². The number of hydrogen-bond acceptors (Lipinski definition) is 2. The third-order valence-corrected chi connectivity index (χ3v) is 3.35. The van der Waals surface area contributed by atoms with E-state index in [9.17, 15) is 4.79 Å². The summed E-state index contributed by atoms with van der Waals surface area (Å²) in [6.07, 6.45) is 1.98. The Hall–Kier alpha value is -1.81. The number of hydrogen-bond donors (Lipinski definition) is 1. The number of fused-ring (bicyclic) bond motifs is 1. The van der Waals surface area contributed by atoms with Crippen LogP contribution in [0.3, 0.4) is 0 Å². The smallest absolute Gasteiger partial charge is 0.256 e. The van der Waals surface area contributed by atoms with E-state index >= 15 is 0 Å². The quantitative estimate of drug-likeness (QED) is 0.834. The summed E-state index contributed by atoms with van der Waals surface area (Å²) in [7, 11) is 0. The zero-order chi connectivity index (χ0) is 12.5. The van der Waals surface area contributed by atoms with E-state index in [0.717, 1.165) is 16.5 Å². The van der Waals surface area contributed by atoms with Crippen LogP contribution in [0.5, 0.6) is 0 Å². The molecule has 1 aliphatic heterocycles. The fraction of sp³-hybridized carbons (Fsp3) is 0.357. The Kier molecular flexibility index (Phi) is 2.80. The van der Waals surface area contributed by atoms with Crippen molar-refractivity contribution in [3.63, 3.8) is 0 Å². The van der Waals surface area contributed by atoms with E-state index < -0.39 is 0 Å². The molecule has 0 bridgehead atoms. The fourth-order valence-corrected chi connectivity index (χ4v) is 2.44. The molecule has 1 aromatic heterocycles. The summed E-state index contributed by atoms with van der Waals surface area (Å²) in [5.41, 5.74) is 1.66. The van der Waals surface area contributed by atoms with Gasteiger partial charge in [0.2, 0.25) is 0 Å². The van der Waals surface area contributed by atoms with Crippen molar-refractivity contribution in [2.75, 3.05) is 19.7 Å². The molecule has 4 heteroatoms. The Morgan fingerprint density at radius 2 is 2.33 bits per heavy atom. The van der Waals surface area contributed by atoms with E-state index in [1.54, 1.807) is 0 Å². The highest BCUT2D eigenvalue weighted by atomic mass is 16.5. The monoisotopic (exact) mass is 244 g/mol. The summed E-state index contributed by atoms with van der Waals surface area (Å²) >= 11 is 0. The number of morpholine rings is 1. The lowest BCUT2D eigenvalue weighted by atomic mass is 10.1. The van der Waals surface area contributed by atoms with E-state index in [1.807, 2.05) is 42.3 Å². The number of amides is 1. The van der Waals surface area contributed by atoms with Crippen LogP contribution in [0.15, 0.2) is 30.5 Å². The van der Waals surface area contributed by atoms with Gasteiger partial charge >= 0.3 is 0 Å². The predicted molar refractivity (Wildman–Crippen MR) is 69.6 cm³/mol. The van der Waals surface area contributed by atoms with Gasteiger partial charge in [-0.2, -0.15) is 0 Å². The second-order valence-electron chi connectivity index (χ2n) is 4.68. The highest BCUT2D eigenvalue weighted by Gasteiger charge is 2.23. The van der Waals surface area contributed by atoms with Gasteiger partial charge < -0.3 is 14.6 Å². The maximum absolute atomic E-state index is 12.5. The first-order chi connectivity index (χ1) is 8.75. The van der Waals surface area contributed by atoms with E-state index in [0.29, 0.717) is 19.7 Å². The first kappa shape index (κ1) is 11.3. The van der Waals surface area contributed by atoms with Crippen molar-refractivity contribution in [1.82, 2.24) is 9.88 Å². The van der Waals surface area contributed by atoms with Crippen molar-refractivity contribution in [2.24, 2.45) is 0 Å². The molecule has 2 heterocycles. The van der Waals surface area contributed by atoms with Crippen molar-refractivity contribution in [3.05, 3.63) is 36.0 Å². The van der Waals surface area contributed by atoms with Crippen molar-refractivity contribution in [1.29, 1.82) is 0 Å². The topological polar surface area (TPSA) is 45.3 Å². The van der Waals surface area contributed by atoms with Crippen LogP contribution in [-0.4, -0.2) is 41.6 Å². The Morgan fingerprint density at radius 1 is 1.44 bits per heavy atom. The van der Waals surface area contributed by atoms with Crippen LogP contribution in [0, 0.1) is 0 Å². The number of ether oxygens (including phenoxy) is 1. The lowest BCUT2D eigenvalue weighted by Crippen LogP contribution is -2.44. The summed E-state index contributed by atoms with van der Waals surface area (Å²) in [6, 6.07) is 7.78. The van der Waals surface area contributed by atoms with Gasteiger partial charge in [0.1, 0.15) is 0 Å². The number of rotatable bonds is 1. The largest absolute Gasteiger partial charge is 0.375 e. The number of benzene rings is 1. The first-order valence-electron chi connectivity index (χ1n) is 6.22. The summed E-state index contributed by atoms with van der Waals surface area (Å²) in [4.78, 5) is 17.5. The molecular formula is C14H16N2O2. The number of carbonyl (C=O) groups excluding carboxylic acids is 1. The number of nitrogens with zero attached hydrogens (tertiary/aromatic N) is 1. The molecule has 18 heavy (non-hydrogen) atoms. The highest BCUT2D eigenvalue weighted by Crippen LogP contribution is 2.19. The molecule has 0 aliphatic carbocycles. The summed E-state index contributed by atoms with van der Waals surface area (Å²) in [5, 5.41) is 1.07. The molecule has 2 aromatic rings. The average molecular weight is 244 g/mol. The molecule has 1 aromatic carbocycles. The Balaban J connectivity index is 1.94. The molecular weight excluding hydrogens is 228 g/mol. The Bertz CT molecular complexity index is 576. The average Bonchev–Trinajstić information content (AvgIpc) is 2.86. The van der Waals surface area contributed by atoms with Gasteiger partial charge in [-0.05, 0) is 19.1 Å². The van der Waals surface area contributed by atoms with E-state index in [1.165, 1.54) is 0 Å². The standard InChI is InChI=1S/C14H16N2O2/c1-10-9-16(7-8-18-10)14(17)12-4-2-3-11-5-6-15-13(11)12/h2-6,10,15H,7-9H2,1H3. The fourth-order valence-electron chi connectivity index (χ4n) is 2.44. The number of H-pyrrole nitrogens is 1. The molecule has 1 N–H and O–H groups in total. The Morgan fingerprint density at radius 3 is 3.17 bits per heavy atom. The molecule has 1 unspecified atom stereocenters. The van der Waals surface area contributed by atoms with Crippen molar-refractivity contribution < 1.29 is 9.53 Å². The predicted octanol–water partition coefficient (Wildman–Crippen LogP) is 2.03. The SMILES string of the molecule is CC1CN(C(=O)c2cccc3cc[nH]c23)CCO1. The lowest BCUT2D eigenvalue weighted by molar-refractivity contribution is -0.0123. The second kappa shape index (κ2) is 4.46. The van der Waals surface area contributed by atoms with Crippen molar-refractivity contribution in [2.45, 2.75) is 13.0 Å². The number of para-hydroxylation sites is 1. The van der Waals surface area contributed by atoms with Gasteiger partial charge in [0.05, 0.1) is 23.8 Å². The molecule has 1 aliphatic rings. The van der Waals surface area contributed by atoms with Gasteiger partial charge in [-0.15, -0.1) is 0 Å². The van der Waals surface area contributed by atoms with Gasteiger partial charge in [-0.3, -0.25) is 4.79 Å². The molecule has 3 rings (SSSR count). The van der Waals surface area contributed by atoms with E-state index in [2.05, 4.69) is 4.98 Å². The molecule has 0 saturated carbocycles. The number of carbonyl (C=O) groups is 1. The van der Waals surface area contributed by atoms with Crippen LogP contribution in [0.1, 0.15) is 17.3 Å². The van der Waals surface area contributed by atoms with Gasteiger partial charge in [0, 0.05) is 24.7 Å². The molecule has 1 atom stereocenters.